The summed E-state index contributed by atoms with van der Waals surface area (Å²) < 4.78 is 0. The van der Waals surface area contributed by atoms with Gasteiger partial charge in [0.15, 0.2) is 0 Å². The molecule has 0 aromatic heterocycles. The number of carbonyl (C=O) groups excluding carboxylic acids is 1. The molecule has 3 N–H and O–H groups in total. The molecule has 0 bridgehead atoms. The zero-order valence-electron chi connectivity index (χ0n) is 16.6. The summed E-state index contributed by atoms with van der Waals surface area (Å²) in [4.78, 5) is 12.5. The number of anilines is 2. The average molecular weight is 351 g/mol. The van der Waals surface area contributed by atoms with Crippen molar-refractivity contribution in [1.29, 1.82) is 0 Å². The summed E-state index contributed by atoms with van der Waals surface area (Å²) in [6.07, 6.45) is 2.55. The molecule has 0 unspecified atom stereocenters. The van der Waals surface area contributed by atoms with Crippen LogP contribution in [0.1, 0.15) is 62.8 Å². The van der Waals surface area contributed by atoms with Crippen LogP contribution in [0.5, 0.6) is 0 Å². The molecular formula is C23H30N2O. The number of amides is 1. The molecule has 3 nitrogen and oxygen atoms in total. The van der Waals surface area contributed by atoms with E-state index in [0.717, 1.165) is 29.8 Å². The molecule has 1 aliphatic rings. The van der Waals surface area contributed by atoms with Gasteiger partial charge in [-0.05, 0) is 59.4 Å². The van der Waals surface area contributed by atoms with Crippen LogP contribution < -0.4 is 11.1 Å². The third-order valence-electron chi connectivity index (χ3n) is 5.80. The smallest absolute Gasteiger partial charge is 0.228 e. The highest BCUT2D eigenvalue weighted by Crippen LogP contribution is 2.48. The van der Waals surface area contributed by atoms with Gasteiger partial charge >= 0.3 is 0 Å². The van der Waals surface area contributed by atoms with Gasteiger partial charge in [-0.3, -0.25) is 4.79 Å². The maximum atomic E-state index is 12.5. The first-order valence-electron chi connectivity index (χ1n) is 9.39. The van der Waals surface area contributed by atoms with E-state index in [1.165, 1.54) is 16.7 Å². The molecule has 3 heteroatoms. The minimum absolute atomic E-state index is 0.0339. The number of rotatable bonds is 3. The second-order valence-corrected chi connectivity index (χ2v) is 8.92. The SMILES string of the molecule is Cc1ccc(NC(=O)Cc2ccc3c(c2N)C(C)(C)CCC3(C)C)cc1. The van der Waals surface area contributed by atoms with E-state index in [1.807, 2.05) is 37.3 Å². The number of aryl methyl sites for hydroxylation is 1. The van der Waals surface area contributed by atoms with Gasteiger partial charge in [0.2, 0.25) is 5.91 Å². The molecular weight excluding hydrogens is 320 g/mol. The number of nitrogens with two attached hydrogens (primary N) is 1. The fraction of sp³-hybridized carbons (Fsp3) is 0.435. The number of carbonyl (C=O) groups is 1. The van der Waals surface area contributed by atoms with E-state index in [4.69, 9.17) is 5.73 Å². The van der Waals surface area contributed by atoms with Crippen molar-refractivity contribution in [2.24, 2.45) is 0 Å². The first-order valence-corrected chi connectivity index (χ1v) is 9.39. The van der Waals surface area contributed by atoms with Crippen LogP contribution in [-0.4, -0.2) is 5.91 Å². The van der Waals surface area contributed by atoms with E-state index in [1.54, 1.807) is 0 Å². The van der Waals surface area contributed by atoms with Crippen LogP contribution in [0, 0.1) is 6.92 Å². The van der Waals surface area contributed by atoms with Gasteiger partial charge < -0.3 is 11.1 Å². The van der Waals surface area contributed by atoms with Crippen molar-refractivity contribution < 1.29 is 4.79 Å². The zero-order valence-corrected chi connectivity index (χ0v) is 16.6. The van der Waals surface area contributed by atoms with E-state index in [0.29, 0.717) is 6.42 Å². The summed E-state index contributed by atoms with van der Waals surface area (Å²) in [5.41, 5.74) is 13.0. The van der Waals surface area contributed by atoms with Crippen LogP contribution in [0.4, 0.5) is 11.4 Å². The molecule has 1 amide bonds. The number of benzene rings is 2. The maximum Gasteiger partial charge on any atom is 0.228 e. The molecule has 138 valence electrons. The summed E-state index contributed by atoms with van der Waals surface area (Å²) in [5.74, 6) is -0.0339. The van der Waals surface area contributed by atoms with Gasteiger partial charge in [-0.2, -0.15) is 0 Å². The number of hydrogen-bond acceptors (Lipinski definition) is 2. The molecule has 0 saturated carbocycles. The normalized spacial score (nSPS) is 17.4. The van der Waals surface area contributed by atoms with Crippen molar-refractivity contribution in [3.8, 4) is 0 Å². The highest BCUT2D eigenvalue weighted by Gasteiger charge is 2.38. The molecule has 26 heavy (non-hydrogen) atoms. The monoisotopic (exact) mass is 350 g/mol. The minimum atomic E-state index is -0.0339. The summed E-state index contributed by atoms with van der Waals surface area (Å²) in [6, 6.07) is 12.1. The number of nitrogens with one attached hydrogen (secondary N) is 1. The van der Waals surface area contributed by atoms with Crippen molar-refractivity contribution >= 4 is 17.3 Å². The lowest BCUT2D eigenvalue weighted by atomic mass is 9.62. The lowest BCUT2D eigenvalue weighted by Crippen LogP contribution is -2.35. The van der Waals surface area contributed by atoms with Gasteiger partial charge in [0.25, 0.3) is 0 Å². The maximum absolute atomic E-state index is 12.5. The number of fused-ring (bicyclic) bond motifs is 1. The van der Waals surface area contributed by atoms with Gasteiger partial charge in [0, 0.05) is 11.4 Å². The Kier molecular flexibility index (Phi) is 4.60. The second kappa shape index (κ2) is 6.46. The van der Waals surface area contributed by atoms with E-state index in [-0.39, 0.29) is 16.7 Å². The molecule has 0 radical (unpaired) electrons. The Morgan fingerprint density at radius 1 is 1.00 bits per heavy atom. The van der Waals surface area contributed by atoms with Gasteiger partial charge in [-0.15, -0.1) is 0 Å². The topological polar surface area (TPSA) is 55.1 Å². The highest BCUT2D eigenvalue weighted by atomic mass is 16.1. The van der Waals surface area contributed by atoms with E-state index in [9.17, 15) is 4.79 Å². The quantitative estimate of drug-likeness (QED) is 0.756. The Morgan fingerprint density at radius 2 is 1.62 bits per heavy atom. The van der Waals surface area contributed by atoms with E-state index < -0.39 is 0 Å². The molecule has 0 saturated heterocycles. The Balaban J connectivity index is 1.87. The molecule has 2 aromatic rings. The first-order chi connectivity index (χ1) is 12.1. The van der Waals surface area contributed by atoms with Gasteiger partial charge in [-0.25, -0.2) is 0 Å². The molecule has 2 aromatic carbocycles. The van der Waals surface area contributed by atoms with Crippen LogP contribution in [0.25, 0.3) is 0 Å². The third-order valence-corrected chi connectivity index (χ3v) is 5.80. The van der Waals surface area contributed by atoms with Gasteiger partial charge in [-0.1, -0.05) is 57.5 Å². The standard InChI is InChI=1S/C23H30N2O/c1-15-6-9-17(10-7-15)25-19(26)14-16-8-11-18-20(21(16)24)23(4,5)13-12-22(18,2)3/h6-11H,12-14,24H2,1-5H3,(H,25,26). The van der Waals surface area contributed by atoms with Crippen LogP contribution in [-0.2, 0) is 22.0 Å². The Bertz CT molecular complexity index is 832. The van der Waals surface area contributed by atoms with Crippen LogP contribution >= 0.6 is 0 Å². The third kappa shape index (κ3) is 3.48. The lowest BCUT2D eigenvalue weighted by molar-refractivity contribution is -0.115. The van der Waals surface area contributed by atoms with Crippen molar-refractivity contribution in [3.05, 3.63) is 58.7 Å². The van der Waals surface area contributed by atoms with E-state index >= 15 is 0 Å². The number of hydrogen-bond donors (Lipinski definition) is 2. The second-order valence-electron chi connectivity index (χ2n) is 8.92. The van der Waals surface area contributed by atoms with Gasteiger partial charge in [0.05, 0.1) is 6.42 Å². The Labute approximate surface area is 157 Å². The average Bonchev–Trinajstić information content (AvgIpc) is 2.56. The zero-order chi connectivity index (χ0) is 19.1. The molecule has 0 heterocycles. The predicted octanol–water partition coefficient (Wildman–Crippen LogP) is 5.11. The van der Waals surface area contributed by atoms with Crippen LogP contribution in [0.3, 0.4) is 0 Å². The largest absolute Gasteiger partial charge is 0.398 e. The van der Waals surface area contributed by atoms with Crippen LogP contribution in [0.2, 0.25) is 0 Å². The fourth-order valence-corrected chi connectivity index (χ4v) is 4.01. The molecule has 3 rings (SSSR count). The summed E-state index contributed by atoms with van der Waals surface area (Å²) >= 11 is 0. The summed E-state index contributed by atoms with van der Waals surface area (Å²) in [7, 11) is 0. The minimum Gasteiger partial charge on any atom is -0.398 e. The molecule has 0 spiro atoms. The predicted molar refractivity (Wildman–Crippen MR) is 110 cm³/mol. The van der Waals surface area contributed by atoms with Crippen molar-refractivity contribution in [3.63, 3.8) is 0 Å². The number of nitrogen functional groups attached to an aromatic ring is 1. The van der Waals surface area contributed by atoms with Crippen molar-refractivity contribution in [1.82, 2.24) is 0 Å². The Hall–Kier alpha value is -2.29. The molecule has 0 aliphatic heterocycles. The Morgan fingerprint density at radius 3 is 2.27 bits per heavy atom. The van der Waals surface area contributed by atoms with Crippen LogP contribution in [0.15, 0.2) is 36.4 Å². The fourth-order valence-electron chi connectivity index (χ4n) is 4.01. The first kappa shape index (κ1) is 18.5. The summed E-state index contributed by atoms with van der Waals surface area (Å²) in [6.45, 7) is 11.1. The van der Waals surface area contributed by atoms with E-state index in [2.05, 4.69) is 39.1 Å². The van der Waals surface area contributed by atoms with Gasteiger partial charge in [0.1, 0.15) is 0 Å². The summed E-state index contributed by atoms with van der Waals surface area (Å²) in [5, 5.41) is 2.97. The lowest BCUT2D eigenvalue weighted by Gasteiger charge is -2.43. The molecule has 1 aliphatic carbocycles. The molecule has 0 fully saturated rings. The molecule has 0 atom stereocenters. The highest BCUT2D eigenvalue weighted by molar-refractivity contribution is 5.93. The van der Waals surface area contributed by atoms with Crippen molar-refractivity contribution in [2.45, 2.75) is 64.7 Å². The van der Waals surface area contributed by atoms with Crippen molar-refractivity contribution in [2.75, 3.05) is 11.1 Å².